The Morgan fingerprint density at radius 3 is 2.38 bits per heavy atom. The van der Waals surface area contributed by atoms with Crippen LogP contribution in [0, 0.1) is 0 Å². The third-order valence-corrected chi connectivity index (χ3v) is 6.04. The Balaban J connectivity index is 1.42. The summed E-state index contributed by atoms with van der Waals surface area (Å²) < 4.78 is 22.7. The van der Waals surface area contributed by atoms with E-state index in [1.54, 1.807) is 12.1 Å². The molecule has 1 aliphatic carbocycles. The molecule has 3 aromatic carbocycles. The maximum absolute atomic E-state index is 12.4. The van der Waals surface area contributed by atoms with Crippen LogP contribution in [0.1, 0.15) is 29.7 Å². The lowest BCUT2D eigenvalue weighted by atomic mass is 10.1. The minimum Gasteiger partial charge on any atom is -0.331 e. The number of sulfonamides is 1. The van der Waals surface area contributed by atoms with Gasteiger partial charge in [0.05, 0.1) is 10.9 Å². The Labute approximate surface area is 169 Å². The number of hydrogen-bond acceptors (Lipinski definition) is 3. The molecule has 2 amide bonds. The fraction of sp³-hybridized carbons (Fsp3) is 0.136. The molecule has 148 valence electrons. The lowest BCUT2D eigenvalue weighted by Crippen LogP contribution is -2.31. The van der Waals surface area contributed by atoms with Crippen LogP contribution < -0.4 is 15.8 Å². The summed E-state index contributed by atoms with van der Waals surface area (Å²) in [6, 6.07) is 19.7. The molecule has 0 unspecified atom stereocenters. The standard InChI is InChI=1S/C22H21N3O3S/c1-14(15-6-9-19(10-7-15)29(23,27)28)24-22(26)25-18-8-11-21-17(13-18)12-16-4-2-3-5-20(16)21/h2-11,13-14H,12H2,1H3,(H2,23,27,28)(H2,24,25,26)/t14-/m1/s1. The molecule has 29 heavy (non-hydrogen) atoms. The molecule has 0 saturated carbocycles. The number of primary sulfonamides is 1. The molecule has 0 spiro atoms. The number of nitrogens with one attached hydrogen (secondary N) is 2. The number of anilines is 1. The summed E-state index contributed by atoms with van der Waals surface area (Å²) in [6.45, 7) is 1.82. The maximum Gasteiger partial charge on any atom is 0.319 e. The van der Waals surface area contributed by atoms with Crippen molar-refractivity contribution >= 4 is 21.7 Å². The van der Waals surface area contributed by atoms with E-state index in [1.165, 1.54) is 34.4 Å². The van der Waals surface area contributed by atoms with Crippen molar-refractivity contribution in [3.05, 3.63) is 83.4 Å². The number of carbonyl (C=O) groups excluding carboxylic acids is 1. The average molecular weight is 407 g/mol. The number of amides is 2. The van der Waals surface area contributed by atoms with Crippen molar-refractivity contribution in [2.75, 3.05) is 5.32 Å². The first-order valence-electron chi connectivity index (χ1n) is 9.23. The zero-order valence-electron chi connectivity index (χ0n) is 15.8. The quantitative estimate of drug-likeness (QED) is 0.480. The Bertz CT molecular complexity index is 1190. The summed E-state index contributed by atoms with van der Waals surface area (Å²) in [4.78, 5) is 12.4. The number of fused-ring (bicyclic) bond motifs is 3. The molecule has 1 atom stereocenters. The lowest BCUT2D eigenvalue weighted by molar-refractivity contribution is 0.249. The van der Waals surface area contributed by atoms with Gasteiger partial charge in [-0.3, -0.25) is 0 Å². The fourth-order valence-electron chi connectivity index (χ4n) is 3.62. The first-order valence-corrected chi connectivity index (χ1v) is 10.8. The van der Waals surface area contributed by atoms with Crippen LogP contribution in [-0.4, -0.2) is 14.4 Å². The molecule has 4 N–H and O–H groups in total. The van der Waals surface area contributed by atoms with Crippen LogP contribution in [0.4, 0.5) is 10.5 Å². The first kappa shape index (κ1) is 19.2. The number of urea groups is 1. The van der Waals surface area contributed by atoms with Gasteiger partial charge in [0.15, 0.2) is 0 Å². The van der Waals surface area contributed by atoms with E-state index in [0.717, 1.165) is 17.7 Å². The molecule has 0 heterocycles. The van der Waals surface area contributed by atoms with Gasteiger partial charge in [-0.25, -0.2) is 18.4 Å². The monoisotopic (exact) mass is 407 g/mol. The summed E-state index contributed by atoms with van der Waals surface area (Å²) in [7, 11) is -3.73. The lowest BCUT2D eigenvalue weighted by Gasteiger charge is -2.16. The summed E-state index contributed by atoms with van der Waals surface area (Å²) in [5, 5.41) is 10.8. The van der Waals surface area contributed by atoms with Gasteiger partial charge in [-0.1, -0.05) is 42.5 Å². The number of benzene rings is 3. The van der Waals surface area contributed by atoms with Gasteiger partial charge < -0.3 is 10.6 Å². The number of carbonyl (C=O) groups is 1. The zero-order chi connectivity index (χ0) is 20.6. The second-order valence-electron chi connectivity index (χ2n) is 7.14. The maximum atomic E-state index is 12.4. The molecule has 0 fully saturated rings. The Morgan fingerprint density at radius 1 is 0.966 bits per heavy atom. The minimum absolute atomic E-state index is 0.0389. The molecule has 3 aromatic rings. The van der Waals surface area contributed by atoms with Gasteiger partial charge >= 0.3 is 6.03 Å². The molecule has 0 aromatic heterocycles. The molecular formula is C22H21N3O3S. The summed E-state index contributed by atoms with van der Waals surface area (Å²) in [6.07, 6.45) is 0.857. The van der Waals surface area contributed by atoms with Crippen LogP contribution >= 0.6 is 0 Å². The molecule has 1 aliphatic rings. The first-order chi connectivity index (χ1) is 13.8. The molecule has 0 aliphatic heterocycles. The van der Waals surface area contributed by atoms with Gasteiger partial charge in [-0.05, 0) is 65.4 Å². The molecule has 0 bridgehead atoms. The van der Waals surface area contributed by atoms with Crippen molar-refractivity contribution in [1.29, 1.82) is 0 Å². The van der Waals surface area contributed by atoms with Crippen LogP contribution in [0.5, 0.6) is 0 Å². The zero-order valence-corrected chi connectivity index (χ0v) is 16.7. The van der Waals surface area contributed by atoms with Crippen molar-refractivity contribution in [2.24, 2.45) is 5.14 Å². The SMILES string of the molecule is C[C@@H](NC(=O)Nc1ccc2c(c1)Cc1ccccc1-2)c1ccc(S(N)(=O)=O)cc1. The topological polar surface area (TPSA) is 101 Å². The summed E-state index contributed by atoms with van der Waals surface area (Å²) in [5.41, 5.74) is 6.43. The van der Waals surface area contributed by atoms with E-state index in [9.17, 15) is 13.2 Å². The van der Waals surface area contributed by atoms with E-state index in [4.69, 9.17) is 5.14 Å². The smallest absolute Gasteiger partial charge is 0.319 e. The van der Waals surface area contributed by atoms with Gasteiger partial charge in [-0.15, -0.1) is 0 Å². The van der Waals surface area contributed by atoms with E-state index in [0.29, 0.717) is 0 Å². The third kappa shape index (κ3) is 4.01. The van der Waals surface area contributed by atoms with Crippen LogP contribution in [0.3, 0.4) is 0 Å². The molecule has 0 saturated heterocycles. The number of hydrogen-bond donors (Lipinski definition) is 3. The van der Waals surface area contributed by atoms with E-state index < -0.39 is 10.0 Å². The molecule has 4 rings (SSSR count). The summed E-state index contributed by atoms with van der Waals surface area (Å²) >= 11 is 0. The predicted molar refractivity (Wildman–Crippen MR) is 113 cm³/mol. The van der Waals surface area contributed by atoms with Crippen LogP contribution in [-0.2, 0) is 16.4 Å². The Morgan fingerprint density at radius 2 is 1.66 bits per heavy atom. The molecule has 7 heteroatoms. The Hall–Kier alpha value is -3.16. The van der Waals surface area contributed by atoms with E-state index in [-0.39, 0.29) is 17.0 Å². The average Bonchev–Trinajstić information content (AvgIpc) is 3.05. The number of nitrogens with two attached hydrogens (primary N) is 1. The van der Waals surface area contributed by atoms with Crippen LogP contribution in [0.15, 0.2) is 71.6 Å². The van der Waals surface area contributed by atoms with Gasteiger partial charge in [0.1, 0.15) is 0 Å². The van der Waals surface area contributed by atoms with Crippen molar-refractivity contribution in [3.8, 4) is 11.1 Å². The van der Waals surface area contributed by atoms with Crippen molar-refractivity contribution < 1.29 is 13.2 Å². The van der Waals surface area contributed by atoms with Crippen molar-refractivity contribution in [1.82, 2.24) is 5.32 Å². The second kappa shape index (κ2) is 7.35. The van der Waals surface area contributed by atoms with Crippen molar-refractivity contribution in [3.63, 3.8) is 0 Å². The van der Waals surface area contributed by atoms with E-state index in [2.05, 4.69) is 22.8 Å². The highest BCUT2D eigenvalue weighted by molar-refractivity contribution is 7.89. The van der Waals surface area contributed by atoms with Gasteiger partial charge in [0.25, 0.3) is 0 Å². The van der Waals surface area contributed by atoms with E-state index >= 15 is 0 Å². The van der Waals surface area contributed by atoms with Gasteiger partial charge in [0, 0.05) is 5.69 Å². The normalized spacial score (nSPS) is 13.3. The molecular weight excluding hydrogens is 386 g/mol. The van der Waals surface area contributed by atoms with Crippen LogP contribution in [0.25, 0.3) is 11.1 Å². The van der Waals surface area contributed by atoms with E-state index in [1.807, 2.05) is 37.3 Å². The largest absolute Gasteiger partial charge is 0.331 e. The highest BCUT2D eigenvalue weighted by Crippen LogP contribution is 2.37. The minimum atomic E-state index is -3.73. The predicted octanol–water partition coefficient (Wildman–Crippen LogP) is 3.79. The third-order valence-electron chi connectivity index (χ3n) is 5.11. The Kier molecular flexibility index (Phi) is 4.86. The number of rotatable bonds is 4. The second-order valence-corrected chi connectivity index (χ2v) is 8.70. The van der Waals surface area contributed by atoms with Crippen LogP contribution in [0.2, 0.25) is 0 Å². The van der Waals surface area contributed by atoms with Gasteiger partial charge in [-0.2, -0.15) is 0 Å². The molecule has 6 nitrogen and oxygen atoms in total. The summed E-state index contributed by atoms with van der Waals surface area (Å²) in [5.74, 6) is 0. The van der Waals surface area contributed by atoms with Crippen molar-refractivity contribution in [2.45, 2.75) is 24.3 Å². The highest BCUT2D eigenvalue weighted by atomic mass is 32.2. The molecule has 0 radical (unpaired) electrons. The fourth-order valence-corrected chi connectivity index (χ4v) is 4.13. The highest BCUT2D eigenvalue weighted by Gasteiger charge is 2.18. The van der Waals surface area contributed by atoms with Gasteiger partial charge in [0.2, 0.25) is 10.0 Å².